The van der Waals surface area contributed by atoms with Gasteiger partial charge in [0, 0.05) is 6.08 Å². The standard InChI is InChI=1S/C11H17N/c1-3-11(2)8-5-4-6-10(11)7-9-12/h7H,3-6,8H2,1-2H3/b10-7+/t11-/m0/s1. The van der Waals surface area contributed by atoms with E-state index in [-0.39, 0.29) is 0 Å². The van der Waals surface area contributed by atoms with Crippen molar-refractivity contribution in [1.29, 1.82) is 5.26 Å². The van der Waals surface area contributed by atoms with Crippen molar-refractivity contribution < 1.29 is 0 Å². The Morgan fingerprint density at radius 2 is 2.33 bits per heavy atom. The van der Waals surface area contributed by atoms with Crippen molar-refractivity contribution in [3.8, 4) is 6.07 Å². The van der Waals surface area contributed by atoms with Crippen LogP contribution in [0.15, 0.2) is 11.6 Å². The Balaban J connectivity index is 2.82. The Bertz CT molecular complexity index is 222. The van der Waals surface area contributed by atoms with Crippen LogP contribution in [0.3, 0.4) is 0 Å². The number of allylic oxidation sites excluding steroid dienone is 2. The topological polar surface area (TPSA) is 23.8 Å². The third-order valence-electron chi connectivity index (χ3n) is 3.22. The maximum Gasteiger partial charge on any atom is 0.0911 e. The van der Waals surface area contributed by atoms with Gasteiger partial charge in [0.2, 0.25) is 0 Å². The summed E-state index contributed by atoms with van der Waals surface area (Å²) in [6.07, 6.45) is 7.92. The van der Waals surface area contributed by atoms with Gasteiger partial charge in [-0.05, 0) is 31.1 Å². The summed E-state index contributed by atoms with van der Waals surface area (Å²) >= 11 is 0. The van der Waals surface area contributed by atoms with Crippen LogP contribution in [0.2, 0.25) is 0 Å². The van der Waals surface area contributed by atoms with Gasteiger partial charge in [0.05, 0.1) is 6.07 Å². The second-order valence-corrected chi connectivity index (χ2v) is 3.92. The Morgan fingerprint density at radius 1 is 1.58 bits per heavy atom. The molecule has 1 atom stereocenters. The fourth-order valence-corrected chi connectivity index (χ4v) is 2.02. The van der Waals surface area contributed by atoms with Crippen molar-refractivity contribution >= 4 is 0 Å². The summed E-state index contributed by atoms with van der Waals surface area (Å²) in [6, 6.07) is 2.16. The minimum atomic E-state index is 0.327. The third-order valence-corrected chi connectivity index (χ3v) is 3.22. The molecule has 1 aliphatic carbocycles. The lowest BCUT2D eigenvalue weighted by Gasteiger charge is -2.35. The number of nitrogens with zero attached hydrogens (tertiary/aromatic N) is 1. The Hall–Kier alpha value is -0.770. The summed E-state index contributed by atoms with van der Waals surface area (Å²) in [6.45, 7) is 4.51. The fraction of sp³-hybridized carbons (Fsp3) is 0.727. The molecule has 66 valence electrons. The maximum atomic E-state index is 8.62. The van der Waals surface area contributed by atoms with Crippen LogP contribution in [0.25, 0.3) is 0 Å². The minimum absolute atomic E-state index is 0.327. The maximum absolute atomic E-state index is 8.62. The summed E-state index contributed by atoms with van der Waals surface area (Å²) in [5.74, 6) is 0. The predicted molar refractivity (Wildman–Crippen MR) is 50.6 cm³/mol. The van der Waals surface area contributed by atoms with Crippen LogP contribution < -0.4 is 0 Å². The van der Waals surface area contributed by atoms with Crippen LogP contribution in [0, 0.1) is 16.7 Å². The number of nitriles is 1. The molecule has 0 heterocycles. The predicted octanol–water partition coefficient (Wildman–Crippen LogP) is 3.43. The largest absolute Gasteiger partial charge is 0.193 e. The molecule has 1 heteroatoms. The lowest BCUT2D eigenvalue weighted by atomic mass is 9.70. The molecule has 12 heavy (non-hydrogen) atoms. The van der Waals surface area contributed by atoms with Crippen LogP contribution in [0.5, 0.6) is 0 Å². The molecule has 0 bridgehead atoms. The average molecular weight is 163 g/mol. The van der Waals surface area contributed by atoms with Crippen molar-refractivity contribution in [2.75, 3.05) is 0 Å². The van der Waals surface area contributed by atoms with Gasteiger partial charge in [0.15, 0.2) is 0 Å². The van der Waals surface area contributed by atoms with E-state index in [2.05, 4.69) is 19.9 Å². The molecule has 0 aromatic heterocycles. The molecule has 0 amide bonds. The number of rotatable bonds is 1. The monoisotopic (exact) mass is 163 g/mol. The summed E-state index contributed by atoms with van der Waals surface area (Å²) < 4.78 is 0. The van der Waals surface area contributed by atoms with Gasteiger partial charge in [-0.15, -0.1) is 0 Å². The van der Waals surface area contributed by atoms with E-state index in [4.69, 9.17) is 5.26 Å². The highest BCUT2D eigenvalue weighted by Gasteiger charge is 2.29. The molecule has 0 saturated heterocycles. The van der Waals surface area contributed by atoms with Crippen LogP contribution in [0.1, 0.15) is 46.0 Å². The average Bonchev–Trinajstić information content (AvgIpc) is 2.10. The molecule has 0 aromatic rings. The highest BCUT2D eigenvalue weighted by molar-refractivity contribution is 5.22. The first-order chi connectivity index (χ1) is 5.73. The van der Waals surface area contributed by atoms with E-state index in [1.807, 2.05) is 0 Å². The van der Waals surface area contributed by atoms with E-state index in [9.17, 15) is 0 Å². The molecule has 0 N–H and O–H groups in total. The summed E-state index contributed by atoms with van der Waals surface area (Å²) in [4.78, 5) is 0. The second kappa shape index (κ2) is 3.76. The molecule has 0 unspecified atom stereocenters. The molecule has 1 aliphatic rings. The first kappa shape index (κ1) is 9.32. The van der Waals surface area contributed by atoms with Crippen LogP contribution in [0.4, 0.5) is 0 Å². The summed E-state index contributed by atoms with van der Waals surface area (Å²) in [7, 11) is 0. The van der Waals surface area contributed by atoms with Gasteiger partial charge in [0.1, 0.15) is 0 Å². The van der Waals surface area contributed by atoms with Gasteiger partial charge in [0.25, 0.3) is 0 Å². The lowest BCUT2D eigenvalue weighted by Crippen LogP contribution is -2.22. The molecular weight excluding hydrogens is 146 g/mol. The molecule has 1 saturated carbocycles. The van der Waals surface area contributed by atoms with E-state index < -0.39 is 0 Å². The quantitative estimate of drug-likeness (QED) is 0.543. The molecule has 0 aliphatic heterocycles. The van der Waals surface area contributed by atoms with Gasteiger partial charge in [-0.25, -0.2) is 0 Å². The first-order valence-corrected chi connectivity index (χ1v) is 4.82. The summed E-state index contributed by atoms with van der Waals surface area (Å²) in [5.41, 5.74) is 1.70. The van der Waals surface area contributed by atoms with Gasteiger partial charge >= 0.3 is 0 Å². The van der Waals surface area contributed by atoms with E-state index in [0.29, 0.717) is 5.41 Å². The molecular formula is C11H17N. The van der Waals surface area contributed by atoms with Crippen molar-refractivity contribution in [2.45, 2.75) is 46.0 Å². The zero-order valence-corrected chi connectivity index (χ0v) is 8.06. The summed E-state index contributed by atoms with van der Waals surface area (Å²) in [5, 5.41) is 8.62. The van der Waals surface area contributed by atoms with Crippen molar-refractivity contribution in [2.24, 2.45) is 5.41 Å². The Kier molecular flexibility index (Phi) is 2.92. The molecule has 0 aromatic carbocycles. The zero-order chi connectivity index (χ0) is 9.03. The molecule has 1 fully saturated rings. The van der Waals surface area contributed by atoms with E-state index in [1.165, 1.54) is 31.3 Å². The fourth-order valence-electron chi connectivity index (χ4n) is 2.02. The number of hydrogen-bond acceptors (Lipinski definition) is 1. The minimum Gasteiger partial charge on any atom is -0.193 e. The SMILES string of the molecule is CC[C@@]1(C)CCCC/C1=C\C#N. The van der Waals surface area contributed by atoms with Crippen molar-refractivity contribution in [3.05, 3.63) is 11.6 Å². The number of hydrogen-bond donors (Lipinski definition) is 0. The van der Waals surface area contributed by atoms with E-state index in [1.54, 1.807) is 6.08 Å². The van der Waals surface area contributed by atoms with Gasteiger partial charge in [-0.1, -0.05) is 25.8 Å². The Labute approximate surface area is 75.1 Å². The third kappa shape index (κ3) is 1.69. The Morgan fingerprint density at radius 3 is 2.92 bits per heavy atom. The lowest BCUT2D eigenvalue weighted by molar-refractivity contribution is 0.293. The zero-order valence-electron chi connectivity index (χ0n) is 8.06. The highest BCUT2D eigenvalue weighted by Crippen LogP contribution is 2.42. The highest BCUT2D eigenvalue weighted by atomic mass is 14.3. The van der Waals surface area contributed by atoms with E-state index >= 15 is 0 Å². The van der Waals surface area contributed by atoms with Gasteiger partial charge < -0.3 is 0 Å². The molecule has 0 radical (unpaired) electrons. The van der Waals surface area contributed by atoms with Gasteiger partial charge in [-0.3, -0.25) is 0 Å². The van der Waals surface area contributed by atoms with Gasteiger partial charge in [-0.2, -0.15) is 5.26 Å². The first-order valence-electron chi connectivity index (χ1n) is 4.82. The van der Waals surface area contributed by atoms with Crippen molar-refractivity contribution in [1.82, 2.24) is 0 Å². The molecule has 1 nitrogen and oxygen atoms in total. The molecule has 1 rings (SSSR count). The van der Waals surface area contributed by atoms with Crippen LogP contribution >= 0.6 is 0 Å². The smallest absolute Gasteiger partial charge is 0.0911 e. The van der Waals surface area contributed by atoms with Crippen molar-refractivity contribution in [3.63, 3.8) is 0 Å². The van der Waals surface area contributed by atoms with Crippen LogP contribution in [-0.4, -0.2) is 0 Å². The second-order valence-electron chi connectivity index (χ2n) is 3.92. The van der Waals surface area contributed by atoms with Crippen LogP contribution in [-0.2, 0) is 0 Å². The normalized spacial score (nSPS) is 33.2. The van der Waals surface area contributed by atoms with E-state index in [0.717, 1.165) is 6.42 Å². The molecule has 0 spiro atoms.